The first-order valence-electron chi connectivity index (χ1n) is 8.64. The molecule has 0 bridgehead atoms. The zero-order chi connectivity index (χ0) is 16.8. The van der Waals surface area contributed by atoms with Gasteiger partial charge in [0.05, 0.1) is 14.2 Å². The predicted molar refractivity (Wildman–Crippen MR) is 88.5 cm³/mol. The van der Waals surface area contributed by atoms with Crippen LogP contribution >= 0.6 is 0 Å². The topological polar surface area (TPSA) is 52.6 Å². The lowest BCUT2D eigenvalue weighted by Crippen LogP contribution is -2.15. The molecule has 1 atom stereocenters. The number of ether oxygens (including phenoxy) is 2. The van der Waals surface area contributed by atoms with E-state index in [1.165, 1.54) is 46.3 Å². The van der Waals surface area contributed by atoms with E-state index in [1.807, 2.05) is 0 Å². The van der Waals surface area contributed by atoms with Crippen molar-refractivity contribution in [3.05, 3.63) is 0 Å². The molecule has 0 spiro atoms. The molecule has 0 aromatic heterocycles. The average molecular weight is 314 g/mol. The van der Waals surface area contributed by atoms with Crippen molar-refractivity contribution in [1.29, 1.82) is 0 Å². The third-order valence-corrected chi connectivity index (χ3v) is 4.28. The van der Waals surface area contributed by atoms with Crippen LogP contribution < -0.4 is 0 Å². The Balaban J connectivity index is 3.53. The largest absolute Gasteiger partial charge is 0.469 e. The number of esters is 2. The number of hydrogen-bond donors (Lipinski definition) is 0. The summed E-state index contributed by atoms with van der Waals surface area (Å²) in [6.07, 6.45) is 10.3. The Hall–Kier alpha value is -1.06. The molecule has 22 heavy (non-hydrogen) atoms. The standard InChI is InChI=1S/C18H34O4/c1-15(2)16(14-18(20)22-4)12-10-8-6-5-7-9-11-13-17(19)21-3/h15-16H,5-14H2,1-4H3. The van der Waals surface area contributed by atoms with E-state index in [4.69, 9.17) is 4.74 Å². The van der Waals surface area contributed by atoms with E-state index in [2.05, 4.69) is 18.6 Å². The van der Waals surface area contributed by atoms with Crippen LogP contribution in [0.25, 0.3) is 0 Å². The van der Waals surface area contributed by atoms with Crippen LogP contribution in [0.1, 0.15) is 78.1 Å². The number of hydrogen-bond acceptors (Lipinski definition) is 4. The third kappa shape index (κ3) is 11.6. The van der Waals surface area contributed by atoms with Crippen LogP contribution in [0.15, 0.2) is 0 Å². The molecule has 0 fully saturated rings. The summed E-state index contributed by atoms with van der Waals surface area (Å²) in [5, 5.41) is 0. The molecule has 130 valence electrons. The second-order valence-electron chi connectivity index (χ2n) is 6.37. The van der Waals surface area contributed by atoms with E-state index < -0.39 is 0 Å². The van der Waals surface area contributed by atoms with Crippen LogP contribution in [0.2, 0.25) is 0 Å². The first-order chi connectivity index (χ1) is 10.5. The smallest absolute Gasteiger partial charge is 0.305 e. The van der Waals surface area contributed by atoms with E-state index in [9.17, 15) is 9.59 Å². The van der Waals surface area contributed by atoms with Gasteiger partial charge in [-0.2, -0.15) is 0 Å². The normalized spacial score (nSPS) is 12.2. The molecule has 1 unspecified atom stereocenters. The molecular formula is C18H34O4. The zero-order valence-electron chi connectivity index (χ0n) is 14.9. The lowest BCUT2D eigenvalue weighted by Gasteiger charge is -2.19. The van der Waals surface area contributed by atoms with Crippen molar-refractivity contribution in [1.82, 2.24) is 0 Å². The van der Waals surface area contributed by atoms with E-state index in [-0.39, 0.29) is 11.9 Å². The monoisotopic (exact) mass is 314 g/mol. The van der Waals surface area contributed by atoms with Gasteiger partial charge >= 0.3 is 11.9 Å². The molecular weight excluding hydrogens is 280 g/mol. The summed E-state index contributed by atoms with van der Waals surface area (Å²) in [7, 11) is 2.90. The molecule has 0 aromatic rings. The summed E-state index contributed by atoms with van der Waals surface area (Å²) in [5.74, 6) is 0.763. The lowest BCUT2D eigenvalue weighted by molar-refractivity contribution is -0.142. The van der Waals surface area contributed by atoms with Gasteiger partial charge in [0.15, 0.2) is 0 Å². The van der Waals surface area contributed by atoms with Gasteiger partial charge in [0.1, 0.15) is 0 Å². The van der Waals surface area contributed by atoms with Crippen LogP contribution in [0.3, 0.4) is 0 Å². The molecule has 0 aromatic carbocycles. The second-order valence-corrected chi connectivity index (χ2v) is 6.37. The number of methoxy groups -OCH3 is 2. The maximum atomic E-state index is 11.4. The zero-order valence-corrected chi connectivity index (χ0v) is 14.9. The van der Waals surface area contributed by atoms with Gasteiger partial charge in [-0.25, -0.2) is 0 Å². The number of unbranched alkanes of at least 4 members (excludes halogenated alkanes) is 6. The van der Waals surface area contributed by atoms with Gasteiger partial charge in [-0.1, -0.05) is 52.4 Å². The van der Waals surface area contributed by atoms with Crippen LogP contribution in [0.5, 0.6) is 0 Å². The molecule has 0 amide bonds. The highest BCUT2D eigenvalue weighted by Gasteiger charge is 2.17. The second kappa shape index (κ2) is 13.6. The Kier molecular flexibility index (Phi) is 12.9. The lowest BCUT2D eigenvalue weighted by atomic mass is 9.87. The molecule has 0 heterocycles. The third-order valence-electron chi connectivity index (χ3n) is 4.28. The fraction of sp³-hybridized carbons (Fsp3) is 0.889. The fourth-order valence-electron chi connectivity index (χ4n) is 2.63. The Morgan fingerprint density at radius 3 is 1.77 bits per heavy atom. The van der Waals surface area contributed by atoms with Gasteiger partial charge in [0.25, 0.3) is 0 Å². The predicted octanol–water partition coefficient (Wildman–Crippen LogP) is 4.51. The molecule has 0 N–H and O–H groups in total. The molecule has 0 saturated heterocycles. The summed E-state index contributed by atoms with van der Waals surface area (Å²) in [6, 6.07) is 0. The summed E-state index contributed by atoms with van der Waals surface area (Å²) in [6.45, 7) is 4.35. The molecule has 4 heteroatoms. The van der Waals surface area contributed by atoms with Gasteiger partial charge in [-0.3, -0.25) is 9.59 Å². The molecule has 0 rings (SSSR count). The maximum absolute atomic E-state index is 11.4. The molecule has 0 radical (unpaired) electrons. The van der Waals surface area contributed by atoms with E-state index in [0.717, 1.165) is 19.3 Å². The highest BCUT2D eigenvalue weighted by atomic mass is 16.5. The van der Waals surface area contributed by atoms with Crippen molar-refractivity contribution in [2.45, 2.75) is 78.1 Å². The Labute approximate surface area is 135 Å². The number of carbonyl (C=O) groups is 2. The van der Waals surface area contributed by atoms with E-state index in [0.29, 0.717) is 24.7 Å². The van der Waals surface area contributed by atoms with Crippen molar-refractivity contribution in [2.75, 3.05) is 14.2 Å². The van der Waals surface area contributed by atoms with E-state index >= 15 is 0 Å². The average Bonchev–Trinajstić information content (AvgIpc) is 2.51. The molecule has 4 nitrogen and oxygen atoms in total. The highest BCUT2D eigenvalue weighted by molar-refractivity contribution is 5.69. The van der Waals surface area contributed by atoms with Crippen molar-refractivity contribution in [3.63, 3.8) is 0 Å². The van der Waals surface area contributed by atoms with Crippen LogP contribution in [0.4, 0.5) is 0 Å². The Bertz CT molecular complexity index is 299. The van der Waals surface area contributed by atoms with Gasteiger partial charge in [-0.05, 0) is 24.7 Å². The molecule has 0 aliphatic heterocycles. The molecule has 0 saturated carbocycles. The summed E-state index contributed by atoms with van der Waals surface area (Å²) < 4.78 is 9.38. The Morgan fingerprint density at radius 2 is 1.27 bits per heavy atom. The van der Waals surface area contributed by atoms with Crippen molar-refractivity contribution in [3.8, 4) is 0 Å². The first kappa shape index (κ1) is 20.9. The maximum Gasteiger partial charge on any atom is 0.305 e. The minimum Gasteiger partial charge on any atom is -0.469 e. The first-order valence-corrected chi connectivity index (χ1v) is 8.64. The van der Waals surface area contributed by atoms with Crippen molar-refractivity contribution >= 4 is 11.9 Å². The quantitative estimate of drug-likeness (QED) is 0.371. The van der Waals surface area contributed by atoms with Crippen molar-refractivity contribution in [2.24, 2.45) is 11.8 Å². The van der Waals surface area contributed by atoms with E-state index in [1.54, 1.807) is 0 Å². The summed E-state index contributed by atoms with van der Waals surface area (Å²) in [5.41, 5.74) is 0. The van der Waals surface area contributed by atoms with Crippen molar-refractivity contribution < 1.29 is 19.1 Å². The highest BCUT2D eigenvalue weighted by Crippen LogP contribution is 2.23. The van der Waals surface area contributed by atoms with Gasteiger partial charge in [-0.15, -0.1) is 0 Å². The minimum atomic E-state index is -0.106. The fourth-order valence-corrected chi connectivity index (χ4v) is 2.63. The van der Waals surface area contributed by atoms with Gasteiger partial charge < -0.3 is 9.47 Å². The number of rotatable bonds is 13. The number of carbonyl (C=O) groups excluding carboxylic acids is 2. The van der Waals surface area contributed by atoms with Crippen LogP contribution in [0, 0.1) is 11.8 Å². The van der Waals surface area contributed by atoms with Gasteiger partial charge in [0, 0.05) is 12.8 Å². The SMILES string of the molecule is COC(=O)CCCCCCCCCC(CC(=O)OC)C(C)C. The molecule has 0 aliphatic rings. The molecule has 0 aliphatic carbocycles. The Morgan fingerprint density at radius 1 is 0.773 bits per heavy atom. The van der Waals surface area contributed by atoms with Gasteiger partial charge in [0.2, 0.25) is 0 Å². The van der Waals surface area contributed by atoms with Crippen LogP contribution in [-0.4, -0.2) is 26.2 Å². The minimum absolute atomic E-state index is 0.0932. The summed E-state index contributed by atoms with van der Waals surface area (Å²) >= 11 is 0. The van der Waals surface area contributed by atoms with Crippen LogP contribution in [-0.2, 0) is 19.1 Å². The summed E-state index contributed by atoms with van der Waals surface area (Å²) in [4.78, 5) is 22.3.